The lowest BCUT2D eigenvalue weighted by molar-refractivity contribution is 1.06. The van der Waals surface area contributed by atoms with E-state index in [9.17, 15) is 0 Å². The van der Waals surface area contributed by atoms with Gasteiger partial charge in [-0.3, -0.25) is 4.40 Å². The molecule has 0 bridgehead atoms. The number of aromatic nitrogens is 2. The van der Waals surface area contributed by atoms with Crippen LogP contribution in [0.3, 0.4) is 0 Å². The molecule has 0 amide bonds. The summed E-state index contributed by atoms with van der Waals surface area (Å²) in [4.78, 5) is 4.28. The lowest BCUT2D eigenvalue weighted by Gasteiger charge is -2.10. The van der Waals surface area contributed by atoms with Crippen molar-refractivity contribution >= 4 is 17.2 Å². The lowest BCUT2D eigenvalue weighted by Crippen LogP contribution is -2.01. The van der Waals surface area contributed by atoms with Gasteiger partial charge in [0.1, 0.15) is 5.65 Å². The van der Waals surface area contributed by atoms with E-state index in [1.807, 2.05) is 47.0 Å². The summed E-state index contributed by atoms with van der Waals surface area (Å²) in [5, 5.41) is 0.708. The number of imidazole rings is 1. The van der Waals surface area contributed by atoms with Crippen LogP contribution in [0.4, 0.5) is 0 Å². The van der Waals surface area contributed by atoms with E-state index >= 15 is 0 Å². The van der Waals surface area contributed by atoms with E-state index in [-0.39, 0.29) is 0 Å². The van der Waals surface area contributed by atoms with Crippen molar-refractivity contribution in [2.45, 2.75) is 6.54 Å². The first-order valence-electron chi connectivity index (χ1n) is 5.70. The average molecular weight is 258 g/mol. The van der Waals surface area contributed by atoms with Gasteiger partial charge in [-0.2, -0.15) is 0 Å². The molecule has 0 radical (unpaired) electrons. The third-order valence-corrected chi connectivity index (χ3v) is 3.23. The van der Waals surface area contributed by atoms with Crippen molar-refractivity contribution in [1.29, 1.82) is 0 Å². The van der Waals surface area contributed by atoms with Crippen molar-refractivity contribution in [2.75, 3.05) is 0 Å². The lowest BCUT2D eigenvalue weighted by atomic mass is 10.0. The van der Waals surface area contributed by atoms with Gasteiger partial charge in [-0.1, -0.05) is 23.7 Å². The summed E-state index contributed by atoms with van der Waals surface area (Å²) in [5.41, 5.74) is 9.87. The highest BCUT2D eigenvalue weighted by molar-refractivity contribution is 6.30. The molecule has 0 fully saturated rings. The summed E-state index contributed by atoms with van der Waals surface area (Å²) < 4.78 is 2.03. The maximum absolute atomic E-state index is 6.08. The number of rotatable bonds is 2. The summed E-state index contributed by atoms with van der Waals surface area (Å²) in [6.07, 6.45) is 3.72. The van der Waals surface area contributed by atoms with Gasteiger partial charge < -0.3 is 5.73 Å². The topological polar surface area (TPSA) is 43.3 Å². The maximum atomic E-state index is 6.08. The molecule has 0 atom stereocenters. The number of benzene rings is 1. The van der Waals surface area contributed by atoms with Gasteiger partial charge in [0.25, 0.3) is 0 Å². The first kappa shape index (κ1) is 11.3. The number of fused-ring (bicyclic) bond motifs is 1. The van der Waals surface area contributed by atoms with Crippen LogP contribution in [0.25, 0.3) is 16.9 Å². The van der Waals surface area contributed by atoms with Gasteiger partial charge in [-0.05, 0) is 29.8 Å². The van der Waals surface area contributed by atoms with Crippen molar-refractivity contribution < 1.29 is 0 Å². The predicted molar refractivity (Wildman–Crippen MR) is 73.5 cm³/mol. The van der Waals surface area contributed by atoms with Gasteiger partial charge in [0.2, 0.25) is 0 Å². The van der Waals surface area contributed by atoms with Gasteiger partial charge in [0.05, 0.1) is 5.69 Å². The van der Waals surface area contributed by atoms with E-state index in [4.69, 9.17) is 17.3 Å². The predicted octanol–water partition coefficient (Wildman–Crippen LogP) is 3.11. The van der Waals surface area contributed by atoms with Crippen LogP contribution in [0, 0.1) is 0 Å². The molecule has 0 spiro atoms. The highest BCUT2D eigenvalue weighted by Gasteiger charge is 2.08. The molecule has 18 heavy (non-hydrogen) atoms. The fraction of sp³-hybridized carbons (Fsp3) is 0.0714. The molecule has 0 aliphatic heterocycles. The normalized spacial score (nSPS) is 11.0. The summed E-state index contributed by atoms with van der Waals surface area (Å²) in [6, 6.07) is 11.8. The van der Waals surface area contributed by atoms with Crippen LogP contribution in [-0.2, 0) is 6.54 Å². The fourth-order valence-corrected chi connectivity index (χ4v) is 2.30. The Morgan fingerprint density at radius 3 is 2.94 bits per heavy atom. The van der Waals surface area contributed by atoms with Gasteiger partial charge in [0, 0.05) is 29.5 Å². The summed E-state index contributed by atoms with van der Waals surface area (Å²) in [7, 11) is 0. The van der Waals surface area contributed by atoms with E-state index in [2.05, 4.69) is 4.98 Å². The zero-order valence-electron chi connectivity index (χ0n) is 9.68. The quantitative estimate of drug-likeness (QED) is 0.767. The Morgan fingerprint density at radius 2 is 2.11 bits per heavy atom. The Hall–Kier alpha value is -1.84. The van der Waals surface area contributed by atoms with E-state index in [0.29, 0.717) is 11.6 Å². The van der Waals surface area contributed by atoms with Crippen LogP contribution in [0.2, 0.25) is 5.02 Å². The number of pyridine rings is 1. The van der Waals surface area contributed by atoms with Crippen LogP contribution in [0.15, 0.2) is 48.8 Å². The highest BCUT2D eigenvalue weighted by atomic mass is 35.5. The minimum Gasteiger partial charge on any atom is -0.326 e. The first-order chi connectivity index (χ1) is 8.79. The van der Waals surface area contributed by atoms with Gasteiger partial charge >= 0.3 is 0 Å². The number of hydrogen-bond acceptors (Lipinski definition) is 2. The minimum absolute atomic E-state index is 0.484. The molecule has 4 heteroatoms. The second kappa shape index (κ2) is 4.44. The Bertz CT molecular complexity index is 703. The number of nitrogens with two attached hydrogens (primary N) is 1. The first-order valence-corrected chi connectivity index (χ1v) is 6.08. The van der Waals surface area contributed by atoms with Gasteiger partial charge in [-0.15, -0.1) is 0 Å². The third-order valence-electron chi connectivity index (χ3n) is 3.00. The summed E-state index contributed by atoms with van der Waals surface area (Å²) >= 11 is 6.08. The Labute approximate surface area is 110 Å². The van der Waals surface area contributed by atoms with Crippen molar-refractivity contribution in [3.8, 4) is 11.3 Å². The molecule has 2 aromatic heterocycles. The van der Waals surface area contributed by atoms with Crippen LogP contribution in [0.1, 0.15) is 5.56 Å². The molecule has 3 rings (SSSR count). The van der Waals surface area contributed by atoms with Gasteiger partial charge in [-0.25, -0.2) is 4.98 Å². The van der Waals surface area contributed by atoms with Gasteiger partial charge in [0.15, 0.2) is 0 Å². The summed E-state index contributed by atoms with van der Waals surface area (Å²) in [6.45, 7) is 0.484. The molecule has 3 aromatic rings. The molecule has 2 heterocycles. The van der Waals surface area contributed by atoms with Crippen molar-refractivity contribution in [3.05, 3.63) is 59.4 Å². The molecular weight excluding hydrogens is 246 g/mol. The molecule has 0 aliphatic rings. The smallest absolute Gasteiger partial charge is 0.137 e. The second-order valence-electron chi connectivity index (χ2n) is 4.07. The van der Waals surface area contributed by atoms with Crippen LogP contribution in [0.5, 0.6) is 0 Å². The van der Waals surface area contributed by atoms with Crippen molar-refractivity contribution in [1.82, 2.24) is 9.38 Å². The second-order valence-corrected chi connectivity index (χ2v) is 4.51. The molecular formula is C14H12ClN3. The average Bonchev–Trinajstić information content (AvgIpc) is 2.86. The molecule has 2 N–H and O–H groups in total. The number of nitrogens with zero attached hydrogens (tertiary/aromatic N) is 2. The fourth-order valence-electron chi connectivity index (χ4n) is 2.13. The van der Waals surface area contributed by atoms with E-state index in [1.54, 1.807) is 6.20 Å². The zero-order valence-corrected chi connectivity index (χ0v) is 10.4. The highest BCUT2D eigenvalue weighted by Crippen LogP contribution is 2.27. The standard InChI is InChI=1S/C14H12ClN3/c15-11-5-4-10(9-16)12(8-11)13-2-1-3-14-17-6-7-18(13)14/h1-8H,9,16H2. The van der Waals surface area contributed by atoms with E-state index in [0.717, 1.165) is 22.5 Å². The van der Waals surface area contributed by atoms with Crippen LogP contribution in [-0.4, -0.2) is 9.38 Å². The van der Waals surface area contributed by atoms with E-state index < -0.39 is 0 Å². The maximum Gasteiger partial charge on any atom is 0.137 e. The summed E-state index contributed by atoms with van der Waals surface area (Å²) in [5.74, 6) is 0. The van der Waals surface area contributed by atoms with E-state index in [1.165, 1.54) is 0 Å². The Balaban J connectivity index is 2.31. The molecule has 0 unspecified atom stereocenters. The Morgan fingerprint density at radius 1 is 1.22 bits per heavy atom. The molecule has 3 nitrogen and oxygen atoms in total. The third kappa shape index (κ3) is 1.78. The molecule has 0 saturated heterocycles. The molecule has 0 saturated carbocycles. The molecule has 0 aliphatic carbocycles. The number of hydrogen-bond donors (Lipinski definition) is 1. The van der Waals surface area contributed by atoms with Crippen LogP contribution < -0.4 is 5.73 Å². The monoisotopic (exact) mass is 257 g/mol. The van der Waals surface area contributed by atoms with Crippen molar-refractivity contribution in [3.63, 3.8) is 0 Å². The zero-order chi connectivity index (χ0) is 12.5. The number of halogens is 1. The van der Waals surface area contributed by atoms with Crippen molar-refractivity contribution in [2.24, 2.45) is 5.73 Å². The largest absolute Gasteiger partial charge is 0.326 e. The SMILES string of the molecule is NCc1ccc(Cl)cc1-c1cccc2nccn12. The Kier molecular flexibility index (Phi) is 2.78. The van der Waals surface area contributed by atoms with Crippen LogP contribution >= 0.6 is 11.6 Å². The minimum atomic E-state index is 0.484. The molecule has 1 aromatic carbocycles. The molecule has 90 valence electrons.